The average Bonchev–Trinajstić information content (AvgIpc) is 3.33. The summed E-state index contributed by atoms with van der Waals surface area (Å²) in [5, 5.41) is 2.83. The van der Waals surface area contributed by atoms with Crippen LogP contribution in [0.15, 0.2) is 47.4 Å². The van der Waals surface area contributed by atoms with Gasteiger partial charge in [-0.2, -0.15) is 0 Å². The quantitative estimate of drug-likeness (QED) is 0.498. The topological polar surface area (TPSA) is 77.1 Å². The SMILES string of the molecule is COc1ccc(NC(=O)CCCN2C(=O)/C(=C\c3ccc4c(c3)OCO4)SC2=S)cc1. The summed E-state index contributed by atoms with van der Waals surface area (Å²) < 4.78 is 16.3. The summed E-state index contributed by atoms with van der Waals surface area (Å²) in [6.45, 7) is 0.589. The molecule has 31 heavy (non-hydrogen) atoms. The number of carbonyl (C=O) groups is 2. The zero-order chi connectivity index (χ0) is 21.8. The molecule has 0 unspecified atom stereocenters. The van der Waals surface area contributed by atoms with Gasteiger partial charge in [0, 0.05) is 18.7 Å². The molecule has 9 heteroatoms. The second-order valence-corrected chi connectivity index (χ2v) is 8.50. The zero-order valence-corrected chi connectivity index (χ0v) is 18.4. The molecule has 160 valence electrons. The fourth-order valence-electron chi connectivity index (χ4n) is 3.14. The Kier molecular flexibility index (Phi) is 6.43. The maximum atomic E-state index is 12.8. The normalized spacial score (nSPS) is 16.2. The highest BCUT2D eigenvalue weighted by atomic mass is 32.2. The van der Waals surface area contributed by atoms with Gasteiger partial charge < -0.3 is 19.5 Å². The Morgan fingerprint density at radius 2 is 2.00 bits per heavy atom. The summed E-state index contributed by atoms with van der Waals surface area (Å²) in [6, 6.07) is 12.6. The first kappa shape index (κ1) is 21.2. The molecule has 7 nitrogen and oxygen atoms in total. The molecule has 0 bridgehead atoms. The van der Waals surface area contributed by atoms with Crippen LogP contribution in [-0.4, -0.2) is 41.5 Å². The van der Waals surface area contributed by atoms with Crippen LogP contribution in [0.25, 0.3) is 6.08 Å². The predicted molar refractivity (Wildman–Crippen MR) is 123 cm³/mol. The molecule has 2 aliphatic rings. The van der Waals surface area contributed by atoms with Crippen LogP contribution in [0.5, 0.6) is 17.2 Å². The first-order valence-corrected chi connectivity index (χ1v) is 10.8. The van der Waals surface area contributed by atoms with E-state index in [0.29, 0.717) is 39.4 Å². The molecule has 0 aromatic heterocycles. The van der Waals surface area contributed by atoms with E-state index >= 15 is 0 Å². The minimum atomic E-state index is -0.150. The first-order valence-electron chi connectivity index (χ1n) is 9.62. The van der Waals surface area contributed by atoms with E-state index in [1.165, 1.54) is 11.8 Å². The van der Waals surface area contributed by atoms with Crippen molar-refractivity contribution in [1.29, 1.82) is 0 Å². The van der Waals surface area contributed by atoms with Gasteiger partial charge in [0.05, 0.1) is 12.0 Å². The number of thiocarbonyl (C=S) groups is 1. The lowest BCUT2D eigenvalue weighted by molar-refractivity contribution is -0.122. The van der Waals surface area contributed by atoms with Crippen molar-refractivity contribution in [1.82, 2.24) is 4.90 Å². The number of benzene rings is 2. The number of amides is 2. The molecule has 0 aliphatic carbocycles. The number of nitrogens with zero attached hydrogens (tertiary/aromatic N) is 1. The number of anilines is 1. The van der Waals surface area contributed by atoms with Crippen molar-refractivity contribution in [2.45, 2.75) is 12.8 Å². The van der Waals surface area contributed by atoms with E-state index in [0.717, 1.165) is 11.3 Å². The Morgan fingerprint density at radius 1 is 1.23 bits per heavy atom. The summed E-state index contributed by atoms with van der Waals surface area (Å²) in [4.78, 5) is 27.0. The van der Waals surface area contributed by atoms with Gasteiger partial charge in [0.2, 0.25) is 12.7 Å². The van der Waals surface area contributed by atoms with Crippen LogP contribution in [0, 0.1) is 0 Å². The van der Waals surface area contributed by atoms with E-state index in [4.69, 9.17) is 26.4 Å². The van der Waals surface area contributed by atoms with Gasteiger partial charge in [-0.15, -0.1) is 0 Å². The molecule has 4 rings (SSSR count). The van der Waals surface area contributed by atoms with E-state index in [9.17, 15) is 9.59 Å². The molecule has 0 atom stereocenters. The van der Waals surface area contributed by atoms with Crippen molar-refractivity contribution in [3.63, 3.8) is 0 Å². The molecule has 0 radical (unpaired) electrons. The van der Waals surface area contributed by atoms with Gasteiger partial charge in [-0.05, 0) is 54.5 Å². The molecule has 2 amide bonds. The molecule has 1 N–H and O–H groups in total. The predicted octanol–water partition coefficient (Wildman–Crippen LogP) is 4.04. The third kappa shape index (κ3) is 5.00. The average molecular weight is 457 g/mol. The van der Waals surface area contributed by atoms with Crippen LogP contribution in [0.1, 0.15) is 18.4 Å². The van der Waals surface area contributed by atoms with Gasteiger partial charge in [0.15, 0.2) is 11.5 Å². The number of hydrogen-bond acceptors (Lipinski definition) is 7. The minimum Gasteiger partial charge on any atom is -0.497 e. The van der Waals surface area contributed by atoms with E-state index in [1.807, 2.05) is 18.2 Å². The fraction of sp³-hybridized carbons (Fsp3) is 0.227. The summed E-state index contributed by atoms with van der Waals surface area (Å²) in [5.74, 6) is 1.81. The molecule has 0 saturated carbocycles. The Labute approximate surface area is 189 Å². The Balaban J connectivity index is 1.30. The molecule has 2 aliphatic heterocycles. The fourth-order valence-corrected chi connectivity index (χ4v) is 4.45. The molecule has 0 spiro atoms. The van der Waals surface area contributed by atoms with Crippen LogP contribution in [-0.2, 0) is 9.59 Å². The van der Waals surface area contributed by atoms with Crippen LogP contribution < -0.4 is 19.5 Å². The van der Waals surface area contributed by atoms with E-state index < -0.39 is 0 Å². The van der Waals surface area contributed by atoms with Gasteiger partial charge in [-0.3, -0.25) is 14.5 Å². The largest absolute Gasteiger partial charge is 0.497 e. The van der Waals surface area contributed by atoms with Gasteiger partial charge in [-0.25, -0.2) is 0 Å². The number of fused-ring (bicyclic) bond motifs is 1. The van der Waals surface area contributed by atoms with Gasteiger partial charge in [-0.1, -0.05) is 30.0 Å². The number of rotatable bonds is 7. The number of hydrogen-bond donors (Lipinski definition) is 1. The minimum absolute atomic E-state index is 0.119. The van der Waals surface area contributed by atoms with Crippen LogP contribution in [0.2, 0.25) is 0 Å². The maximum absolute atomic E-state index is 12.8. The van der Waals surface area contributed by atoms with Crippen LogP contribution in [0.3, 0.4) is 0 Å². The monoisotopic (exact) mass is 456 g/mol. The van der Waals surface area contributed by atoms with Gasteiger partial charge in [0.25, 0.3) is 5.91 Å². The number of thioether (sulfide) groups is 1. The van der Waals surface area contributed by atoms with Crippen molar-refractivity contribution >= 4 is 51.9 Å². The van der Waals surface area contributed by atoms with E-state index in [2.05, 4.69) is 5.32 Å². The number of carbonyl (C=O) groups excluding carboxylic acids is 2. The summed E-state index contributed by atoms with van der Waals surface area (Å²) in [7, 11) is 1.59. The number of nitrogens with one attached hydrogen (secondary N) is 1. The van der Waals surface area contributed by atoms with Crippen molar-refractivity contribution in [3.05, 3.63) is 52.9 Å². The molecule has 2 aromatic carbocycles. The Hall–Kier alpha value is -3.04. The molecule has 2 aromatic rings. The summed E-state index contributed by atoms with van der Waals surface area (Å²) in [6.07, 6.45) is 2.58. The van der Waals surface area contributed by atoms with Gasteiger partial charge in [0.1, 0.15) is 10.1 Å². The van der Waals surface area contributed by atoms with Gasteiger partial charge >= 0.3 is 0 Å². The van der Waals surface area contributed by atoms with Crippen LogP contribution in [0.4, 0.5) is 5.69 Å². The molecular weight excluding hydrogens is 436 g/mol. The van der Waals surface area contributed by atoms with Crippen LogP contribution >= 0.6 is 24.0 Å². The zero-order valence-electron chi connectivity index (χ0n) is 16.8. The molecule has 2 heterocycles. The third-order valence-electron chi connectivity index (χ3n) is 4.73. The highest BCUT2D eigenvalue weighted by molar-refractivity contribution is 8.26. The van der Waals surface area contributed by atoms with E-state index in [1.54, 1.807) is 42.4 Å². The highest BCUT2D eigenvalue weighted by Crippen LogP contribution is 2.36. The van der Waals surface area contributed by atoms with Crippen molar-refractivity contribution in [2.75, 3.05) is 25.8 Å². The molecule has 1 fully saturated rings. The Morgan fingerprint density at radius 3 is 2.77 bits per heavy atom. The maximum Gasteiger partial charge on any atom is 0.266 e. The lowest BCUT2D eigenvalue weighted by Gasteiger charge is -2.14. The number of ether oxygens (including phenoxy) is 3. The molecular formula is C22H20N2O5S2. The number of methoxy groups -OCH3 is 1. The smallest absolute Gasteiger partial charge is 0.266 e. The second-order valence-electron chi connectivity index (χ2n) is 6.83. The second kappa shape index (κ2) is 9.40. The third-order valence-corrected chi connectivity index (χ3v) is 6.11. The lowest BCUT2D eigenvalue weighted by Crippen LogP contribution is -2.29. The summed E-state index contributed by atoms with van der Waals surface area (Å²) >= 11 is 6.63. The Bertz CT molecular complexity index is 1050. The molecule has 1 saturated heterocycles. The highest BCUT2D eigenvalue weighted by Gasteiger charge is 2.31. The van der Waals surface area contributed by atoms with Crippen molar-refractivity contribution < 1.29 is 23.8 Å². The summed E-state index contributed by atoms with van der Waals surface area (Å²) in [5.41, 5.74) is 1.53. The standard InChI is InChI=1S/C22H20N2O5S2/c1-27-16-7-5-15(6-8-16)23-20(25)3-2-10-24-21(26)19(31-22(24)30)12-14-4-9-17-18(11-14)29-13-28-17/h4-9,11-12H,2-3,10,13H2,1H3,(H,23,25)/b19-12+. The van der Waals surface area contributed by atoms with Crippen molar-refractivity contribution in [2.24, 2.45) is 0 Å². The van der Waals surface area contributed by atoms with Crippen molar-refractivity contribution in [3.8, 4) is 17.2 Å². The van der Waals surface area contributed by atoms with E-state index in [-0.39, 0.29) is 25.0 Å². The lowest BCUT2D eigenvalue weighted by atomic mass is 10.2. The first-order chi connectivity index (χ1) is 15.0.